The summed E-state index contributed by atoms with van der Waals surface area (Å²) in [7, 11) is 0. The summed E-state index contributed by atoms with van der Waals surface area (Å²) in [5.41, 5.74) is 0.790. The van der Waals surface area contributed by atoms with Crippen LogP contribution < -0.4 is 5.32 Å². The highest BCUT2D eigenvalue weighted by atomic mass is 16.4. The van der Waals surface area contributed by atoms with Gasteiger partial charge in [-0.3, -0.25) is 0 Å². The van der Waals surface area contributed by atoms with Gasteiger partial charge in [-0.1, -0.05) is 0 Å². The van der Waals surface area contributed by atoms with Gasteiger partial charge in [0.25, 0.3) is 0 Å². The van der Waals surface area contributed by atoms with Crippen LogP contribution in [0, 0.1) is 0 Å². The second kappa shape index (κ2) is 3.94. The molecule has 3 N–H and O–H groups in total. The maximum atomic E-state index is 10.8. The van der Waals surface area contributed by atoms with Gasteiger partial charge in [0.15, 0.2) is 0 Å². The van der Waals surface area contributed by atoms with E-state index < -0.39 is 11.9 Å². The zero-order valence-electron chi connectivity index (χ0n) is 8.43. The van der Waals surface area contributed by atoms with Gasteiger partial charge in [-0.25, -0.2) is 9.59 Å². The molecule has 1 saturated heterocycles. The van der Waals surface area contributed by atoms with Crippen molar-refractivity contribution in [2.45, 2.75) is 12.5 Å². The number of rotatable bonds is 4. The summed E-state index contributed by atoms with van der Waals surface area (Å²) < 4.78 is 0. The molecule has 0 bridgehead atoms. The molecule has 0 amide bonds. The second-order valence-corrected chi connectivity index (χ2v) is 3.84. The molecule has 1 aliphatic rings. The summed E-state index contributed by atoms with van der Waals surface area (Å²) in [4.78, 5) is 21.6. The van der Waals surface area contributed by atoms with E-state index in [1.54, 1.807) is 0 Å². The first-order valence-electron chi connectivity index (χ1n) is 4.90. The van der Waals surface area contributed by atoms with Crippen LogP contribution in [0.5, 0.6) is 0 Å². The number of hydrogen-bond donors (Lipinski definition) is 3. The molecule has 0 radical (unpaired) electrons. The van der Waals surface area contributed by atoms with Crippen molar-refractivity contribution in [2.24, 2.45) is 0 Å². The molecule has 2 rings (SSSR count). The van der Waals surface area contributed by atoms with E-state index in [9.17, 15) is 9.59 Å². The molecule has 0 aromatic heterocycles. The smallest absolute Gasteiger partial charge is 0.335 e. The third-order valence-corrected chi connectivity index (χ3v) is 2.46. The number of carbonyl (C=O) groups is 2. The van der Waals surface area contributed by atoms with E-state index >= 15 is 0 Å². The quantitative estimate of drug-likeness (QED) is 0.647. The molecule has 1 aromatic rings. The lowest BCUT2D eigenvalue weighted by molar-refractivity contribution is 0.0696. The van der Waals surface area contributed by atoms with E-state index in [1.807, 2.05) is 0 Å². The van der Waals surface area contributed by atoms with Crippen LogP contribution in [0.15, 0.2) is 18.2 Å². The van der Waals surface area contributed by atoms with Crippen LogP contribution in [0.3, 0.4) is 0 Å². The molecular formula is C11H11NO4. The molecule has 1 fully saturated rings. The normalized spacial score (nSPS) is 18.1. The van der Waals surface area contributed by atoms with Gasteiger partial charge < -0.3 is 15.5 Å². The summed E-state index contributed by atoms with van der Waals surface area (Å²) >= 11 is 0. The summed E-state index contributed by atoms with van der Waals surface area (Å²) in [5.74, 6) is -2.21. The number of benzene rings is 1. The number of nitrogens with one attached hydrogen (secondary N) is 1. The van der Waals surface area contributed by atoms with Gasteiger partial charge in [-0.05, 0) is 30.2 Å². The Kier molecular flexibility index (Phi) is 2.62. The lowest BCUT2D eigenvalue weighted by atomic mass is 10.0. The summed E-state index contributed by atoms with van der Waals surface area (Å²) in [6, 6.07) is 4.57. The van der Waals surface area contributed by atoms with Crippen LogP contribution >= 0.6 is 0 Å². The van der Waals surface area contributed by atoms with Crippen molar-refractivity contribution >= 4 is 11.9 Å². The van der Waals surface area contributed by atoms with Crippen molar-refractivity contribution in [2.75, 3.05) is 6.54 Å². The Morgan fingerprint density at radius 3 is 2.06 bits per heavy atom. The molecule has 1 aliphatic heterocycles. The molecule has 84 valence electrons. The topological polar surface area (TPSA) is 96.5 Å². The minimum Gasteiger partial charge on any atom is -0.478 e. The predicted octanol–water partition coefficient (Wildman–Crippen LogP) is 0.597. The van der Waals surface area contributed by atoms with Crippen LogP contribution in [0.1, 0.15) is 26.3 Å². The average Bonchev–Trinajstić information content (AvgIpc) is 3.01. The van der Waals surface area contributed by atoms with E-state index in [-0.39, 0.29) is 11.1 Å². The van der Waals surface area contributed by atoms with Crippen molar-refractivity contribution in [3.05, 3.63) is 34.9 Å². The molecule has 5 nitrogen and oxygen atoms in total. The Balaban J connectivity index is 2.35. The van der Waals surface area contributed by atoms with Crippen LogP contribution in [-0.2, 0) is 6.42 Å². The van der Waals surface area contributed by atoms with Crippen molar-refractivity contribution in [1.82, 2.24) is 5.32 Å². The maximum Gasteiger partial charge on any atom is 0.335 e. The highest BCUT2D eigenvalue weighted by Gasteiger charge is 2.21. The predicted molar refractivity (Wildman–Crippen MR) is 55.9 cm³/mol. The molecule has 16 heavy (non-hydrogen) atoms. The molecular weight excluding hydrogens is 210 g/mol. The van der Waals surface area contributed by atoms with E-state index in [4.69, 9.17) is 10.2 Å². The standard InChI is InChI=1S/C11H11NO4/c13-10(14)7-1-6(3-9-5-12-9)2-8(4-7)11(15)16/h1-2,4,9,12H,3,5H2,(H,13,14)(H,15,16). The van der Waals surface area contributed by atoms with Gasteiger partial charge in [0.05, 0.1) is 11.1 Å². The number of carboxylic acid groups (broad SMARTS) is 2. The lowest BCUT2D eigenvalue weighted by Crippen LogP contribution is -2.06. The van der Waals surface area contributed by atoms with E-state index in [1.165, 1.54) is 18.2 Å². The third-order valence-electron chi connectivity index (χ3n) is 2.46. The highest BCUT2D eigenvalue weighted by molar-refractivity contribution is 5.94. The Morgan fingerprint density at radius 1 is 1.19 bits per heavy atom. The first-order chi connectivity index (χ1) is 7.56. The van der Waals surface area contributed by atoms with Crippen LogP contribution in [0.2, 0.25) is 0 Å². The Hall–Kier alpha value is -1.88. The average molecular weight is 221 g/mol. The Morgan fingerprint density at radius 2 is 1.69 bits per heavy atom. The highest BCUT2D eigenvalue weighted by Crippen LogP contribution is 2.15. The van der Waals surface area contributed by atoms with E-state index in [0.717, 1.165) is 12.1 Å². The van der Waals surface area contributed by atoms with Gasteiger partial charge >= 0.3 is 11.9 Å². The molecule has 1 unspecified atom stereocenters. The molecule has 1 heterocycles. The van der Waals surface area contributed by atoms with Gasteiger partial charge in [-0.15, -0.1) is 0 Å². The first kappa shape index (κ1) is 10.6. The first-order valence-corrected chi connectivity index (χ1v) is 4.90. The fourth-order valence-electron chi connectivity index (χ4n) is 1.57. The zero-order valence-corrected chi connectivity index (χ0v) is 8.43. The third kappa shape index (κ3) is 2.38. The van der Waals surface area contributed by atoms with Crippen molar-refractivity contribution < 1.29 is 19.8 Å². The van der Waals surface area contributed by atoms with Crippen molar-refractivity contribution in [3.8, 4) is 0 Å². The van der Waals surface area contributed by atoms with Gasteiger partial charge in [0.1, 0.15) is 0 Å². The molecule has 0 saturated carbocycles. The fraction of sp³-hybridized carbons (Fsp3) is 0.273. The number of aromatic carboxylic acids is 2. The Bertz CT molecular complexity index is 419. The summed E-state index contributed by atoms with van der Waals surface area (Å²) in [6.07, 6.45) is 0.668. The lowest BCUT2D eigenvalue weighted by Gasteiger charge is -2.04. The van der Waals surface area contributed by atoms with Crippen LogP contribution in [0.25, 0.3) is 0 Å². The fourth-order valence-corrected chi connectivity index (χ4v) is 1.57. The van der Waals surface area contributed by atoms with Crippen molar-refractivity contribution in [1.29, 1.82) is 0 Å². The molecule has 5 heteroatoms. The van der Waals surface area contributed by atoms with Gasteiger partial charge in [0.2, 0.25) is 0 Å². The largest absolute Gasteiger partial charge is 0.478 e. The molecule has 0 spiro atoms. The summed E-state index contributed by atoms with van der Waals surface area (Å²) in [5, 5.41) is 20.8. The molecule has 1 aromatic carbocycles. The maximum absolute atomic E-state index is 10.8. The summed E-state index contributed by atoms with van der Waals surface area (Å²) in [6.45, 7) is 0.902. The van der Waals surface area contributed by atoms with Crippen LogP contribution in [-0.4, -0.2) is 34.7 Å². The minimum atomic E-state index is -1.10. The van der Waals surface area contributed by atoms with Crippen molar-refractivity contribution in [3.63, 3.8) is 0 Å². The zero-order chi connectivity index (χ0) is 11.7. The van der Waals surface area contributed by atoms with E-state index in [2.05, 4.69) is 5.32 Å². The SMILES string of the molecule is O=C(O)c1cc(CC2CN2)cc(C(=O)O)c1. The number of hydrogen-bond acceptors (Lipinski definition) is 3. The van der Waals surface area contributed by atoms with Gasteiger partial charge in [-0.2, -0.15) is 0 Å². The molecule has 1 atom stereocenters. The Labute approximate surface area is 91.7 Å². The second-order valence-electron chi connectivity index (χ2n) is 3.84. The van der Waals surface area contributed by atoms with Crippen LogP contribution in [0.4, 0.5) is 0 Å². The monoisotopic (exact) mass is 221 g/mol. The number of carboxylic acids is 2. The minimum absolute atomic E-state index is 0.0237. The van der Waals surface area contributed by atoms with Gasteiger partial charge in [0, 0.05) is 12.6 Å². The van der Waals surface area contributed by atoms with E-state index in [0.29, 0.717) is 12.5 Å². The molecule has 0 aliphatic carbocycles.